The third-order valence-electron chi connectivity index (χ3n) is 11.2. The molecule has 0 aromatic heterocycles. The molecule has 0 N–H and O–H groups in total. The summed E-state index contributed by atoms with van der Waals surface area (Å²) in [5.74, 6) is -1.24. The number of carbonyl (C=O) groups is 1. The molecule has 0 saturated heterocycles. The Kier molecular flexibility index (Phi) is 4.00. The minimum Gasteiger partial charge on any atom is -0.289 e. The Hall–Kier alpha value is -6.57. The topological polar surface area (TPSA) is 17.1 Å². The molecule has 8 aromatic carbocycles. The van der Waals surface area contributed by atoms with Crippen molar-refractivity contribution in [3.63, 3.8) is 0 Å². The summed E-state index contributed by atoms with van der Waals surface area (Å²) in [5, 5.41) is 0. The Morgan fingerprint density at radius 3 is 1.53 bits per heavy atom. The summed E-state index contributed by atoms with van der Waals surface area (Å²) in [4.78, 5) is 15.4. The molecule has 0 aliphatic heterocycles. The van der Waals surface area contributed by atoms with Gasteiger partial charge in [0.05, 0.1) is 24.6 Å². The van der Waals surface area contributed by atoms with Crippen molar-refractivity contribution in [2.45, 2.75) is 17.8 Å². The second-order valence-corrected chi connectivity index (χ2v) is 13.7. The molecule has 0 fully saturated rings. The minimum atomic E-state index is -1.62. The van der Waals surface area contributed by atoms with Crippen LogP contribution in [0.4, 0.5) is 0 Å². The summed E-state index contributed by atoms with van der Waals surface area (Å²) >= 11 is 0. The van der Waals surface area contributed by atoms with Crippen molar-refractivity contribution in [2.24, 2.45) is 0 Å². The van der Waals surface area contributed by atoms with Crippen LogP contribution in [-0.2, 0) is 10.8 Å². The van der Waals surface area contributed by atoms with Crippen LogP contribution < -0.4 is 0 Å². The third-order valence-corrected chi connectivity index (χ3v) is 11.2. The zero-order valence-corrected chi connectivity index (χ0v) is 28.2. The minimum absolute atomic E-state index is 0.00203. The third kappa shape index (κ3) is 3.89. The zero-order valence-electron chi connectivity index (χ0n) is 42.2. The molecule has 11 rings (SSSR count). The van der Waals surface area contributed by atoms with Gasteiger partial charge in [-0.1, -0.05) is 176 Å². The standard InChI is InChI=1S/C52H34O/c1-51(43-22-10-5-17-36(43)33-15-3-2-4-16-33)44-23-11-6-20-39(44)41-31-34(27-29-45(41)51)50(53)35-28-30-49-42(32-35)40-21-9-14-26-48(40)52(49)46-24-12-7-18-37(46)38-19-8-13-25-47(38)52/h2-32H,1H3/i6D,9D,11D,14D,20D,21D,23D,26D,27D,28D,29D,30D,31D,32D. The maximum Gasteiger partial charge on any atom is 0.193 e. The summed E-state index contributed by atoms with van der Waals surface area (Å²) in [5.41, 5.74) is -0.637. The lowest BCUT2D eigenvalue weighted by molar-refractivity contribution is 0.103. The second-order valence-electron chi connectivity index (χ2n) is 13.7. The molecule has 0 heterocycles. The molecule has 0 saturated carbocycles. The SMILES string of the molecule is [2H]c1c([2H])c([2H])c2c(c1[2H])-c1c([2H])c(C(=O)c3c([2H])c([2H])c4c(c3[2H])-c3c([2H])c([2H])c([2H])c([2H])c3C43c4ccccc4-c4ccccc43)c([2H])c([2H])c1C2(C)c1ccccc1-c1ccccc1. The fourth-order valence-electron chi connectivity index (χ4n) is 8.93. The van der Waals surface area contributed by atoms with Crippen molar-refractivity contribution in [1.82, 2.24) is 0 Å². The van der Waals surface area contributed by atoms with Crippen LogP contribution >= 0.6 is 0 Å². The maximum atomic E-state index is 15.4. The average Bonchev–Trinajstić information content (AvgIpc) is 3.93. The monoisotopic (exact) mass is 688 g/mol. The highest BCUT2D eigenvalue weighted by atomic mass is 16.1. The lowest BCUT2D eigenvalue weighted by Gasteiger charge is -2.31. The Morgan fingerprint density at radius 2 is 0.868 bits per heavy atom. The van der Waals surface area contributed by atoms with Gasteiger partial charge in [-0.05, 0) is 102 Å². The molecule has 8 aromatic rings. The van der Waals surface area contributed by atoms with Crippen molar-refractivity contribution in [3.8, 4) is 44.5 Å². The van der Waals surface area contributed by atoms with Gasteiger partial charge in [0.25, 0.3) is 0 Å². The maximum absolute atomic E-state index is 15.4. The Bertz CT molecular complexity index is 3570. The number of carbonyl (C=O) groups excluding carboxylic acids is 1. The first-order chi connectivity index (χ1) is 31.9. The van der Waals surface area contributed by atoms with Crippen LogP contribution in [-0.4, -0.2) is 5.78 Å². The van der Waals surface area contributed by atoms with E-state index in [4.69, 9.17) is 5.48 Å². The molecule has 53 heavy (non-hydrogen) atoms. The van der Waals surface area contributed by atoms with Crippen LogP contribution in [0.25, 0.3) is 44.5 Å². The normalized spacial score (nSPS) is 20.0. The summed E-state index contributed by atoms with van der Waals surface area (Å²) < 4.78 is 131. The van der Waals surface area contributed by atoms with E-state index in [2.05, 4.69) is 0 Å². The summed E-state index contributed by atoms with van der Waals surface area (Å²) in [6.45, 7) is 1.68. The van der Waals surface area contributed by atoms with E-state index in [0.717, 1.165) is 16.7 Å². The molecular weight excluding hydrogens is 641 g/mol. The smallest absolute Gasteiger partial charge is 0.193 e. The second kappa shape index (κ2) is 11.0. The first kappa shape index (κ1) is 19.3. The Balaban J connectivity index is 1.23. The largest absolute Gasteiger partial charge is 0.289 e. The number of rotatable bonds is 4. The van der Waals surface area contributed by atoms with Gasteiger partial charge < -0.3 is 0 Å². The Labute approximate surface area is 329 Å². The number of hydrogen-bond acceptors (Lipinski definition) is 1. The van der Waals surface area contributed by atoms with Gasteiger partial charge in [-0.25, -0.2) is 0 Å². The van der Waals surface area contributed by atoms with E-state index < -0.39 is 112 Å². The lowest BCUT2D eigenvalue weighted by Crippen LogP contribution is -2.25. The molecule has 1 spiro atoms. The fourth-order valence-corrected chi connectivity index (χ4v) is 8.93. The van der Waals surface area contributed by atoms with Gasteiger partial charge in [0.15, 0.2) is 5.78 Å². The molecule has 3 aliphatic rings. The van der Waals surface area contributed by atoms with Crippen molar-refractivity contribution >= 4 is 5.78 Å². The number of benzene rings is 8. The van der Waals surface area contributed by atoms with E-state index >= 15 is 4.79 Å². The first-order valence-electron chi connectivity index (χ1n) is 24.3. The molecule has 3 aliphatic carbocycles. The van der Waals surface area contributed by atoms with E-state index in [0.29, 0.717) is 22.3 Å². The lowest BCUT2D eigenvalue weighted by atomic mass is 9.70. The van der Waals surface area contributed by atoms with Crippen molar-refractivity contribution in [3.05, 3.63) is 238 Å². The molecule has 1 heteroatoms. The van der Waals surface area contributed by atoms with Crippen molar-refractivity contribution < 1.29 is 24.0 Å². The highest BCUT2D eigenvalue weighted by molar-refractivity contribution is 6.11. The van der Waals surface area contributed by atoms with Crippen LogP contribution in [0, 0.1) is 0 Å². The predicted molar refractivity (Wildman–Crippen MR) is 215 cm³/mol. The van der Waals surface area contributed by atoms with Gasteiger partial charge in [-0.15, -0.1) is 0 Å². The van der Waals surface area contributed by atoms with Gasteiger partial charge in [0, 0.05) is 16.5 Å². The van der Waals surface area contributed by atoms with Crippen LogP contribution in [0.5, 0.6) is 0 Å². The van der Waals surface area contributed by atoms with Gasteiger partial charge in [-0.2, -0.15) is 0 Å². The predicted octanol–water partition coefficient (Wildman–Crippen LogP) is 12.3. The van der Waals surface area contributed by atoms with E-state index in [-0.39, 0.29) is 44.5 Å². The summed E-state index contributed by atoms with van der Waals surface area (Å²) in [6.07, 6.45) is 0. The molecule has 0 bridgehead atoms. The van der Waals surface area contributed by atoms with Gasteiger partial charge >= 0.3 is 0 Å². The molecule has 1 unspecified atom stereocenters. The molecular formula is C52H34O. The first-order valence-corrected chi connectivity index (χ1v) is 17.3. The van der Waals surface area contributed by atoms with E-state index in [1.54, 1.807) is 43.3 Å². The summed E-state index contributed by atoms with van der Waals surface area (Å²) in [6, 6.07) is 22.8. The van der Waals surface area contributed by atoms with Gasteiger partial charge in [-0.3, -0.25) is 4.79 Å². The average molecular weight is 689 g/mol. The van der Waals surface area contributed by atoms with Gasteiger partial charge in [0.1, 0.15) is 0 Å². The molecule has 0 amide bonds. The molecule has 248 valence electrons. The zero-order chi connectivity index (χ0) is 47.5. The molecule has 0 radical (unpaired) electrons. The Morgan fingerprint density at radius 1 is 0.415 bits per heavy atom. The number of fused-ring (bicyclic) bond motifs is 13. The fraction of sp³-hybridized carbons (Fsp3) is 0.0577. The van der Waals surface area contributed by atoms with E-state index in [1.807, 2.05) is 66.7 Å². The van der Waals surface area contributed by atoms with Crippen molar-refractivity contribution in [1.29, 1.82) is 0 Å². The van der Waals surface area contributed by atoms with Crippen LogP contribution in [0.2, 0.25) is 0 Å². The highest BCUT2D eigenvalue weighted by Crippen LogP contribution is 2.63. The quantitative estimate of drug-likeness (QED) is 0.168. The van der Waals surface area contributed by atoms with Crippen LogP contribution in [0.3, 0.4) is 0 Å². The van der Waals surface area contributed by atoms with Gasteiger partial charge in [0.2, 0.25) is 0 Å². The van der Waals surface area contributed by atoms with Crippen molar-refractivity contribution in [2.75, 3.05) is 0 Å². The van der Waals surface area contributed by atoms with Crippen LogP contribution in [0.1, 0.15) is 81.0 Å². The number of hydrogen-bond donors (Lipinski definition) is 0. The van der Waals surface area contributed by atoms with Crippen LogP contribution in [0.15, 0.2) is 188 Å². The molecule has 1 nitrogen and oxygen atoms in total. The van der Waals surface area contributed by atoms with E-state index in [9.17, 15) is 13.7 Å². The van der Waals surface area contributed by atoms with E-state index in [1.165, 1.54) is 0 Å². The highest BCUT2D eigenvalue weighted by Gasteiger charge is 2.51. The number of ketones is 1. The molecule has 1 atom stereocenters. The summed E-state index contributed by atoms with van der Waals surface area (Å²) in [7, 11) is 0.